The summed E-state index contributed by atoms with van der Waals surface area (Å²) in [5.74, 6) is 0.302. The van der Waals surface area contributed by atoms with E-state index in [9.17, 15) is 9.90 Å². The highest BCUT2D eigenvalue weighted by Crippen LogP contribution is 2.41. The quantitative estimate of drug-likeness (QED) is 0.313. The predicted molar refractivity (Wildman–Crippen MR) is 139 cm³/mol. The summed E-state index contributed by atoms with van der Waals surface area (Å²) in [5, 5.41) is 10.9. The highest BCUT2D eigenvalue weighted by molar-refractivity contribution is 7.19. The number of aliphatic carboxylic acids is 1. The van der Waals surface area contributed by atoms with E-state index in [0.717, 1.165) is 30.5 Å². The highest BCUT2D eigenvalue weighted by Gasteiger charge is 2.32. The maximum atomic E-state index is 11.8. The zero-order valence-electron chi connectivity index (χ0n) is 19.7. The molecular formula is C29H29NO4S. The van der Waals surface area contributed by atoms with E-state index in [1.54, 1.807) is 18.4 Å². The van der Waals surface area contributed by atoms with E-state index >= 15 is 0 Å². The fraction of sp³-hybridized carbons (Fsp3) is 0.276. The van der Waals surface area contributed by atoms with Gasteiger partial charge in [-0.1, -0.05) is 54.6 Å². The van der Waals surface area contributed by atoms with Crippen molar-refractivity contribution >= 4 is 27.4 Å². The summed E-state index contributed by atoms with van der Waals surface area (Å²) in [5.41, 5.74) is 2.17. The van der Waals surface area contributed by atoms with E-state index in [1.165, 1.54) is 15.0 Å². The number of piperidine rings is 1. The molecule has 0 aliphatic carbocycles. The zero-order valence-corrected chi connectivity index (χ0v) is 20.5. The average Bonchev–Trinajstić information content (AvgIpc) is 3.32. The molecule has 1 saturated heterocycles. The van der Waals surface area contributed by atoms with Crippen LogP contribution < -0.4 is 9.47 Å². The second-order valence-electron chi connectivity index (χ2n) is 8.95. The molecule has 3 aromatic carbocycles. The molecule has 5 nitrogen and oxygen atoms in total. The zero-order chi connectivity index (χ0) is 24.2. The maximum absolute atomic E-state index is 11.8. The molecular weight excluding hydrogens is 458 g/mol. The fourth-order valence-electron chi connectivity index (χ4n) is 4.84. The number of fused-ring (bicyclic) bond motifs is 1. The van der Waals surface area contributed by atoms with Gasteiger partial charge < -0.3 is 14.6 Å². The summed E-state index contributed by atoms with van der Waals surface area (Å²) >= 11 is 1.77. The molecule has 1 aromatic heterocycles. The summed E-state index contributed by atoms with van der Waals surface area (Å²) < 4.78 is 13.0. The monoisotopic (exact) mass is 487 g/mol. The third-order valence-electron chi connectivity index (χ3n) is 6.62. The van der Waals surface area contributed by atoms with E-state index in [0.29, 0.717) is 24.7 Å². The molecule has 35 heavy (non-hydrogen) atoms. The number of methoxy groups -OCH3 is 1. The average molecular weight is 488 g/mol. The first-order chi connectivity index (χ1) is 17.1. The van der Waals surface area contributed by atoms with Gasteiger partial charge in [-0.3, -0.25) is 9.69 Å². The Morgan fingerprint density at radius 3 is 2.63 bits per heavy atom. The Morgan fingerprint density at radius 2 is 1.86 bits per heavy atom. The number of thiophene rings is 1. The molecule has 0 amide bonds. The van der Waals surface area contributed by atoms with Crippen molar-refractivity contribution in [3.05, 3.63) is 94.9 Å². The Hall–Kier alpha value is -3.35. The second-order valence-corrected chi connectivity index (χ2v) is 10.1. The molecule has 2 atom stereocenters. The molecule has 1 aliphatic rings. The number of benzene rings is 3. The van der Waals surface area contributed by atoms with Crippen LogP contribution in [0.3, 0.4) is 0 Å². The molecule has 6 heteroatoms. The molecule has 4 aromatic rings. The van der Waals surface area contributed by atoms with E-state index in [2.05, 4.69) is 41.3 Å². The van der Waals surface area contributed by atoms with Crippen LogP contribution >= 0.6 is 11.3 Å². The number of ether oxygens (including phenoxy) is 2. The molecule has 0 saturated carbocycles. The number of rotatable bonds is 8. The summed E-state index contributed by atoms with van der Waals surface area (Å²) in [6, 6.07) is 26.7. The number of carbonyl (C=O) groups is 1. The molecule has 0 spiro atoms. The molecule has 2 unspecified atom stereocenters. The molecule has 0 radical (unpaired) electrons. The van der Waals surface area contributed by atoms with E-state index in [-0.39, 0.29) is 12.0 Å². The lowest BCUT2D eigenvalue weighted by Gasteiger charge is -2.37. The van der Waals surface area contributed by atoms with Crippen LogP contribution in [0.4, 0.5) is 0 Å². The lowest BCUT2D eigenvalue weighted by atomic mass is 9.94. The van der Waals surface area contributed by atoms with Gasteiger partial charge >= 0.3 is 5.97 Å². The third kappa shape index (κ3) is 5.19. The summed E-state index contributed by atoms with van der Waals surface area (Å²) in [7, 11) is 1.66. The van der Waals surface area contributed by atoms with Gasteiger partial charge in [0.15, 0.2) is 11.5 Å². The standard InChI is InChI=1S/C29H29NO4S/c1-33-25-16-22(13-14-24(25)34-19-20-8-3-2-4-9-20)28(30-15-7-11-23(18-30)29(31)32)27-17-21-10-5-6-12-26(21)35-27/h2-6,8-10,12-14,16-17,23,28H,7,11,15,18-19H2,1H3,(H,31,32). The van der Waals surface area contributed by atoms with E-state index in [4.69, 9.17) is 9.47 Å². The Kier molecular flexibility index (Phi) is 7.02. The number of hydrogen-bond acceptors (Lipinski definition) is 5. The molecule has 5 rings (SSSR count). The van der Waals surface area contributed by atoms with Crippen molar-refractivity contribution in [1.82, 2.24) is 4.90 Å². The van der Waals surface area contributed by atoms with Gasteiger partial charge in [-0.25, -0.2) is 0 Å². The predicted octanol–water partition coefficient (Wildman–Crippen LogP) is 6.37. The van der Waals surface area contributed by atoms with Crippen LogP contribution in [-0.4, -0.2) is 36.2 Å². The number of carboxylic acid groups (broad SMARTS) is 1. The van der Waals surface area contributed by atoms with Gasteiger partial charge in [0.1, 0.15) is 6.61 Å². The first-order valence-electron chi connectivity index (χ1n) is 11.9. The Bertz CT molecular complexity index is 1270. The first kappa shape index (κ1) is 23.4. The lowest BCUT2D eigenvalue weighted by Crippen LogP contribution is -2.41. The van der Waals surface area contributed by atoms with Crippen molar-refractivity contribution in [2.45, 2.75) is 25.5 Å². The molecule has 0 bridgehead atoms. The van der Waals surface area contributed by atoms with Crippen LogP contribution in [0.15, 0.2) is 78.9 Å². The summed E-state index contributed by atoms with van der Waals surface area (Å²) in [4.78, 5) is 15.3. The van der Waals surface area contributed by atoms with Crippen molar-refractivity contribution in [2.75, 3.05) is 20.2 Å². The van der Waals surface area contributed by atoms with Crippen molar-refractivity contribution in [3.63, 3.8) is 0 Å². The molecule has 2 heterocycles. The van der Waals surface area contributed by atoms with Crippen molar-refractivity contribution in [1.29, 1.82) is 0 Å². The fourth-order valence-corrected chi connectivity index (χ4v) is 6.07. The molecule has 1 fully saturated rings. The minimum atomic E-state index is -0.716. The van der Waals surface area contributed by atoms with Crippen LogP contribution in [0.25, 0.3) is 10.1 Å². The normalized spacial score (nSPS) is 17.2. The molecule has 1 aliphatic heterocycles. The SMILES string of the molecule is COc1cc(C(c2cc3ccccc3s2)N2CCCC(C(=O)O)C2)ccc1OCc1ccccc1. The topological polar surface area (TPSA) is 59.0 Å². The summed E-state index contributed by atoms with van der Waals surface area (Å²) in [6.07, 6.45) is 1.59. The Labute approximate surface area is 209 Å². The van der Waals surface area contributed by atoms with Gasteiger partial charge in [0.25, 0.3) is 0 Å². The number of carboxylic acids is 1. The number of likely N-dealkylation sites (tertiary alicyclic amines) is 1. The van der Waals surface area contributed by atoms with Gasteiger partial charge in [0, 0.05) is 16.1 Å². The highest BCUT2D eigenvalue weighted by atomic mass is 32.1. The van der Waals surface area contributed by atoms with Crippen LogP contribution in [0.1, 0.15) is 34.9 Å². The minimum absolute atomic E-state index is 0.0494. The largest absolute Gasteiger partial charge is 0.493 e. The Morgan fingerprint density at radius 1 is 1.06 bits per heavy atom. The van der Waals surface area contributed by atoms with Crippen LogP contribution in [0.5, 0.6) is 11.5 Å². The first-order valence-corrected chi connectivity index (χ1v) is 12.7. The van der Waals surface area contributed by atoms with Crippen molar-refractivity contribution < 1.29 is 19.4 Å². The van der Waals surface area contributed by atoms with Gasteiger partial charge in [0.05, 0.1) is 19.1 Å². The molecule has 180 valence electrons. The minimum Gasteiger partial charge on any atom is -0.493 e. The maximum Gasteiger partial charge on any atom is 0.307 e. The number of nitrogens with zero attached hydrogens (tertiary/aromatic N) is 1. The van der Waals surface area contributed by atoms with Gasteiger partial charge in [-0.05, 0) is 60.2 Å². The van der Waals surface area contributed by atoms with Crippen molar-refractivity contribution in [2.24, 2.45) is 5.92 Å². The van der Waals surface area contributed by atoms with Gasteiger partial charge in [-0.15, -0.1) is 11.3 Å². The Balaban J connectivity index is 1.49. The van der Waals surface area contributed by atoms with Crippen molar-refractivity contribution in [3.8, 4) is 11.5 Å². The lowest BCUT2D eigenvalue weighted by molar-refractivity contribution is -0.143. The van der Waals surface area contributed by atoms with E-state index < -0.39 is 5.97 Å². The van der Waals surface area contributed by atoms with Crippen LogP contribution in [0.2, 0.25) is 0 Å². The van der Waals surface area contributed by atoms with Crippen LogP contribution in [0, 0.1) is 5.92 Å². The smallest absolute Gasteiger partial charge is 0.307 e. The number of hydrogen-bond donors (Lipinski definition) is 1. The second kappa shape index (κ2) is 10.5. The van der Waals surface area contributed by atoms with Gasteiger partial charge in [0.2, 0.25) is 0 Å². The van der Waals surface area contributed by atoms with E-state index in [1.807, 2.05) is 42.5 Å². The van der Waals surface area contributed by atoms with Crippen LogP contribution in [-0.2, 0) is 11.4 Å². The third-order valence-corrected chi connectivity index (χ3v) is 7.79. The summed E-state index contributed by atoms with van der Waals surface area (Å²) in [6.45, 7) is 1.85. The van der Waals surface area contributed by atoms with Gasteiger partial charge in [-0.2, -0.15) is 0 Å². The molecule has 1 N–H and O–H groups in total.